The van der Waals surface area contributed by atoms with Crippen LogP contribution in [0, 0.1) is 12.3 Å². The second-order valence-electron chi connectivity index (χ2n) is 7.05. The molecule has 0 aliphatic carbocycles. The van der Waals surface area contributed by atoms with Crippen molar-refractivity contribution in [2.45, 2.75) is 10.9 Å². The summed E-state index contributed by atoms with van der Waals surface area (Å²) in [5.74, 6) is 1.82. The minimum absolute atomic E-state index is 0.0319. The van der Waals surface area contributed by atoms with Crippen LogP contribution in [0.25, 0.3) is 11.0 Å². The van der Waals surface area contributed by atoms with E-state index in [1.54, 1.807) is 12.4 Å². The van der Waals surface area contributed by atoms with Crippen molar-refractivity contribution in [3.8, 4) is 12.3 Å². The van der Waals surface area contributed by atoms with E-state index in [1.807, 2.05) is 48.5 Å². The predicted octanol–water partition coefficient (Wildman–Crippen LogP) is 2.99. The average Bonchev–Trinajstić information content (AvgIpc) is 3.30. The van der Waals surface area contributed by atoms with E-state index in [9.17, 15) is 13.2 Å². The van der Waals surface area contributed by atoms with Gasteiger partial charge in [-0.2, -0.15) is 4.72 Å². The van der Waals surface area contributed by atoms with Crippen LogP contribution in [-0.2, 0) is 10.0 Å². The molecule has 1 amide bonds. The number of aromatic nitrogens is 2. The molecule has 1 unspecified atom stereocenters. The van der Waals surface area contributed by atoms with Crippen LogP contribution in [0.5, 0.6) is 0 Å². The average molecular weight is 445 g/mol. The minimum Gasteiger partial charge on any atom is -0.345 e. The van der Waals surface area contributed by atoms with Gasteiger partial charge in [0.1, 0.15) is 0 Å². The van der Waals surface area contributed by atoms with Gasteiger partial charge in [-0.15, -0.1) is 6.42 Å². The third-order valence-corrected chi connectivity index (χ3v) is 6.36. The Morgan fingerprint density at radius 1 is 1.03 bits per heavy atom. The minimum atomic E-state index is -3.81. The summed E-state index contributed by atoms with van der Waals surface area (Å²) in [5.41, 5.74) is 3.65. The molecule has 4 rings (SSSR count). The summed E-state index contributed by atoms with van der Waals surface area (Å²) in [4.78, 5) is 20.4. The molecule has 1 aromatic heterocycles. The topological polar surface area (TPSA) is 104 Å². The standard InChI is InChI=1S/C24H20N4O3S/c1-2-13-27-32(30,31)20-10-6-9-19(14-20)24(29)28-23(17-7-4-3-5-8-17)18-11-12-21-22(15-18)26-16-25-21/h1,3-12,14-16,23,27H,13H2,(H,25,26)(H,28,29). The van der Waals surface area contributed by atoms with Crippen LogP contribution in [0.3, 0.4) is 0 Å². The van der Waals surface area contributed by atoms with Gasteiger partial charge in [0.25, 0.3) is 5.91 Å². The molecule has 4 aromatic rings. The summed E-state index contributed by atoms with van der Waals surface area (Å²) in [6, 6.07) is 20.6. The summed E-state index contributed by atoms with van der Waals surface area (Å²) in [7, 11) is -3.81. The Bertz CT molecular complexity index is 1410. The van der Waals surface area contributed by atoms with Crippen LogP contribution in [-0.4, -0.2) is 30.8 Å². The Morgan fingerprint density at radius 2 is 1.84 bits per heavy atom. The lowest BCUT2D eigenvalue weighted by Crippen LogP contribution is -2.30. The Balaban J connectivity index is 1.66. The van der Waals surface area contributed by atoms with Gasteiger partial charge < -0.3 is 10.3 Å². The fourth-order valence-corrected chi connectivity index (χ4v) is 4.36. The molecule has 0 aliphatic heterocycles. The summed E-state index contributed by atoms with van der Waals surface area (Å²) in [6.07, 6.45) is 6.75. The number of nitrogens with zero attached hydrogens (tertiary/aromatic N) is 1. The van der Waals surface area contributed by atoms with Crippen LogP contribution in [0.1, 0.15) is 27.5 Å². The molecule has 1 atom stereocenters. The zero-order chi connectivity index (χ0) is 22.6. The van der Waals surface area contributed by atoms with Gasteiger partial charge in [-0.3, -0.25) is 4.79 Å². The molecule has 0 aliphatic rings. The molecule has 7 nitrogen and oxygen atoms in total. The van der Waals surface area contributed by atoms with Gasteiger partial charge in [0.05, 0.1) is 34.8 Å². The van der Waals surface area contributed by atoms with Crippen molar-refractivity contribution in [3.05, 3.63) is 95.8 Å². The van der Waals surface area contributed by atoms with E-state index < -0.39 is 22.0 Å². The van der Waals surface area contributed by atoms with Crippen LogP contribution in [0.2, 0.25) is 0 Å². The smallest absolute Gasteiger partial charge is 0.252 e. The molecule has 3 N–H and O–H groups in total. The summed E-state index contributed by atoms with van der Waals surface area (Å²) < 4.78 is 27.1. The van der Waals surface area contributed by atoms with Gasteiger partial charge >= 0.3 is 0 Å². The molecule has 0 spiro atoms. The van der Waals surface area contributed by atoms with Gasteiger partial charge in [0, 0.05) is 5.56 Å². The third-order valence-electron chi connectivity index (χ3n) is 4.96. The maximum Gasteiger partial charge on any atom is 0.252 e. The lowest BCUT2D eigenvalue weighted by molar-refractivity contribution is 0.0942. The fraction of sp³-hybridized carbons (Fsp3) is 0.0833. The van der Waals surface area contributed by atoms with Crippen molar-refractivity contribution < 1.29 is 13.2 Å². The number of imidazole rings is 1. The number of sulfonamides is 1. The van der Waals surface area contributed by atoms with Gasteiger partial charge in [-0.25, -0.2) is 13.4 Å². The van der Waals surface area contributed by atoms with Crippen molar-refractivity contribution in [2.75, 3.05) is 6.54 Å². The van der Waals surface area contributed by atoms with Crippen molar-refractivity contribution in [3.63, 3.8) is 0 Å². The predicted molar refractivity (Wildman–Crippen MR) is 122 cm³/mol. The molecule has 0 bridgehead atoms. The molecule has 160 valence electrons. The molecule has 0 fully saturated rings. The molecule has 1 heterocycles. The largest absolute Gasteiger partial charge is 0.345 e. The van der Waals surface area contributed by atoms with Crippen LogP contribution in [0.15, 0.2) is 84.0 Å². The summed E-state index contributed by atoms with van der Waals surface area (Å²) in [6.45, 7) is -0.134. The van der Waals surface area contributed by atoms with E-state index in [4.69, 9.17) is 6.42 Å². The number of terminal acetylenes is 1. The SMILES string of the molecule is C#CCNS(=O)(=O)c1cccc(C(=O)NC(c2ccccc2)c2ccc3nc[nH]c3c2)c1. The normalized spacial score (nSPS) is 12.2. The van der Waals surface area contributed by atoms with E-state index in [0.29, 0.717) is 0 Å². The molecule has 0 saturated heterocycles. The van der Waals surface area contributed by atoms with E-state index in [-0.39, 0.29) is 17.0 Å². The first-order valence-corrected chi connectivity index (χ1v) is 11.3. The molecule has 0 radical (unpaired) electrons. The number of H-pyrrole nitrogens is 1. The number of aromatic amines is 1. The quantitative estimate of drug-likeness (QED) is 0.381. The second-order valence-corrected chi connectivity index (χ2v) is 8.82. The Kier molecular flexibility index (Phi) is 6.03. The number of benzene rings is 3. The van der Waals surface area contributed by atoms with E-state index >= 15 is 0 Å². The van der Waals surface area contributed by atoms with E-state index in [1.165, 1.54) is 18.2 Å². The number of carbonyl (C=O) groups is 1. The Morgan fingerprint density at radius 3 is 2.62 bits per heavy atom. The first-order chi connectivity index (χ1) is 15.5. The summed E-state index contributed by atoms with van der Waals surface area (Å²) in [5, 5.41) is 3.02. The number of hydrogen-bond donors (Lipinski definition) is 3. The summed E-state index contributed by atoms with van der Waals surface area (Å²) >= 11 is 0. The number of carbonyl (C=O) groups excluding carboxylic acids is 1. The van der Waals surface area contributed by atoms with Gasteiger partial charge in [-0.1, -0.05) is 48.4 Å². The van der Waals surface area contributed by atoms with Gasteiger partial charge in [0.15, 0.2) is 0 Å². The van der Waals surface area contributed by atoms with Gasteiger partial charge in [-0.05, 0) is 41.5 Å². The highest BCUT2D eigenvalue weighted by Gasteiger charge is 2.20. The maximum absolute atomic E-state index is 13.1. The number of rotatable bonds is 7. The number of nitrogens with one attached hydrogen (secondary N) is 3. The molecular weight excluding hydrogens is 424 g/mol. The Hall–Kier alpha value is -3.93. The third kappa shape index (κ3) is 4.54. The lowest BCUT2D eigenvalue weighted by atomic mass is 9.97. The number of hydrogen-bond acceptors (Lipinski definition) is 4. The van der Waals surface area contributed by atoms with Crippen LogP contribution < -0.4 is 10.0 Å². The molecule has 32 heavy (non-hydrogen) atoms. The van der Waals surface area contributed by atoms with E-state index in [0.717, 1.165) is 22.2 Å². The zero-order valence-corrected chi connectivity index (χ0v) is 17.8. The van der Waals surface area contributed by atoms with Gasteiger partial charge in [0.2, 0.25) is 10.0 Å². The van der Waals surface area contributed by atoms with Crippen molar-refractivity contribution in [2.24, 2.45) is 0 Å². The maximum atomic E-state index is 13.1. The highest BCUT2D eigenvalue weighted by molar-refractivity contribution is 7.89. The fourth-order valence-electron chi connectivity index (χ4n) is 3.38. The van der Waals surface area contributed by atoms with Crippen LogP contribution in [0.4, 0.5) is 0 Å². The molecule has 0 saturated carbocycles. The molecule has 3 aromatic carbocycles. The molecule has 8 heteroatoms. The van der Waals surface area contributed by atoms with E-state index in [2.05, 4.69) is 25.9 Å². The first kappa shape index (κ1) is 21.3. The highest BCUT2D eigenvalue weighted by atomic mass is 32.2. The Labute approximate surface area is 186 Å². The lowest BCUT2D eigenvalue weighted by Gasteiger charge is -2.20. The van der Waals surface area contributed by atoms with Crippen molar-refractivity contribution in [1.82, 2.24) is 20.0 Å². The van der Waals surface area contributed by atoms with Crippen molar-refractivity contribution >= 4 is 27.0 Å². The monoisotopic (exact) mass is 444 g/mol. The number of fused-ring (bicyclic) bond motifs is 1. The number of amides is 1. The van der Waals surface area contributed by atoms with Crippen LogP contribution >= 0.6 is 0 Å². The second kappa shape index (κ2) is 9.06. The zero-order valence-electron chi connectivity index (χ0n) is 16.9. The first-order valence-electron chi connectivity index (χ1n) is 9.80. The highest BCUT2D eigenvalue weighted by Crippen LogP contribution is 2.25. The molecular formula is C24H20N4O3S. The van der Waals surface area contributed by atoms with Crippen molar-refractivity contribution in [1.29, 1.82) is 0 Å².